The molecule has 0 bridgehead atoms. The van der Waals surface area contributed by atoms with Gasteiger partial charge in [-0.1, -0.05) is 24.8 Å². The average Bonchev–Trinajstić information content (AvgIpc) is 3.29. The van der Waals surface area contributed by atoms with Crippen molar-refractivity contribution < 1.29 is 0 Å². The Balaban J connectivity index is 1.80. The highest BCUT2D eigenvalue weighted by Gasteiger charge is 2.46. The molecule has 4 rings (SSSR count). The first-order valence-electron chi connectivity index (χ1n) is 8.38. The van der Waals surface area contributed by atoms with Gasteiger partial charge in [-0.25, -0.2) is 0 Å². The van der Waals surface area contributed by atoms with E-state index in [4.69, 9.17) is 4.99 Å². The van der Waals surface area contributed by atoms with Gasteiger partial charge in [0.15, 0.2) is 5.17 Å². The molecule has 0 amide bonds. The van der Waals surface area contributed by atoms with Crippen LogP contribution in [0.3, 0.4) is 0 Å². The molecular weight excluding hydrogens is 304 g/mol. The Bertz CT molecular complexity index is 709. The maximum Gasteiger partial charge on any atom is 0.160 e. The predicted molar refractivity (Wildman–Crippen MR) is 95.6 cm³/mol. The monoisotopic (exact) mass is 326 g/mol. The van der Waals surface area contributed by atoms with Crippen LogP contribution in [-0.2, 0) is 6.54 Å². The van der Waals surface area contributed by atoms with Gasteiger partial charge in [-0.15, -0.1) is 0 Å². The molecule has 23 heavy (non-hydrogen) atoms. The molecule has 2 aromatic heterocycles. The van der Waals surface area contributed by atoms with Gasteiger partial charge in [0.05, 0.1) is 11.7 Å². The summed E-state index contributed by atoms with van der Waals surface area (Å²) in [5, 5.41) is 1.20. The summed E-state index contributed by atoms with van der Waals surface area (Å²) in [5.41, 5.74) is 2.42. The lowest BCUT2D eigenvalue weighted by molar-refractivity contribution is 0.246. The molecule has 2 aromatic rings. The van der Waals surface area contributed by atoms with Crippen molar-refractivity contribution in [3.05, 3.63) is 54.1 Å². The third-order valence-electron chi connectivity index (χ3n) is 4.84. The standard InChI is InChI=1S/C18H22N4S/c1-3-13-12-23-18-20-16(14-8-5-6-10-19-14)17(22(13)18)15-9-7-11-21(15)4-2/h5-11,13,16-17H,3-4,12H2,1-2H3. The van der Waals surface area contributed by atoms with E-state index in [0.29, 0.717) is 6.04 Å². The molecule has 0 N–H and O–H groups in total. The molecule has 0 spiro atoms. The summed E-state index contributed by atoms with van der Waals surface area (Å²) >= 11 is 1.90. The second-order valence-corrected chi connectivity index (χ2v) is 7.04. The number of amidine groups is 1. The zero-order chi connectivity index (χ0) is 15.8. The van der Waals surface area contributed by atoms with Gasteiger partial charge in [0.1, 0.15) is 6.04 Å². The fourth-order valence-electron chi connectivity index (χ4n) is 3.65. The average molecular weight is 326 g/mol. The van der Waals surface area contributed by atoms with E-state index in [1.54, 1.807) is 0 Å². The molecule has 4 heterocycles. The van der Waals surface area contributed by atoms with Crippen LogP contribution in [0.1, 0.15) is 43.7 Å². The summed E-state index contributed by atoms with van der Waals surface area (Å²) < 4.78 is 2.34. The Kier molecular flexibility index (Phi) is 3.89. The van der Waals surface area contributed by atoms with E-state index in [-0.39, 0.29) is 12.1 Å². The molecule has 3 atom stereocenters. The largest absolute Gasteiger partial charge is 0.350 e. The second-order valence-electron chi connectivity index (χ2n) is 6.06. The van der Waals surface area contributed by atoms with Crippen molar-refractivity contribution in [3.63, 3.8) is 0 Å². The van der Waals surface area contributed by atoms with Crippen LogP contribution < -0.4 is 0 Å². The zero-order valence-corrected chi connectivity index (χ0v) is 14.4. The highest BCUT2D eigenvalue weighted by atomic mass is 32.2. The first-order valence-corrected chi connectivity index (χ1v) is 9.37. The van der Waals surface area contributed by atoms with Crippen LogP contribution in [0.2, 0.25) is 0 Å². The number of thioether (sulfide) groups is 1. The van der Waals surface area contributed by atoms with Gasteiger partial charge in [0.2, 0.25) is 0 Å². The minimum atomic E-state index is 0.0910. The molecular formula is C18H22N4S. The van der Waals surface area contributed by atoms with Crippen molar-refractivity contribution in [2.24, 2.45) is 4.99 Å². The smallest absolute Gasteiger partial charge is 0.160 e. The quantitative estimate of drug-likeness (QED) is 0.855. The number of hydrogen-bond acceptors (Lipinski definition) is 4. The minimum absolute atomic E-state index is 0.0910. The number of aryl methyl sites for hydroxylation is 1. The molecule has 1 saturated heterocycles. The van der Waals surface area contributed by atoms with Gasteiger partial charge in [-0.05, 0) is 37.6 Å². The Morgan fingerprint density at radius 1 is 1.22 bits per heavy atom. The van der Waals surface area contributed by atoms with E-state index >= 15 is 0 Å². The molecule has 1 fully saturated rings. The van der Waals surface area contributed by atoms with E-state index in [0.717, 1.165) is 24.4 Å². The minimum Gasteiger partial charge on any atom is -0.350 e. The number of aromatic nitrogens is 2. The fourth-order valence-corrected chi connectivity index (χ4v) is 4.99. The Morgan fingerprint density at radius 3 is 2.87 bits per heavy atom. The Morgan fingerprint density at radius 2 is 2.13 bits per heavy atom. The fraction of sp³-hybridized carbons (Fsp3) is 0.444. The number of hydrogen-bond donors (Lipinski definition) is 0. The van der Waals surface area contributed by atoms with Crippen LogP contribution in [0, 0.1) is 0 Å². The van der Waals surface area contributed by atoms with Crippen molar-refractivity contribution in [2.75, 3.05) is 5.75 Å². The summed E-state index contributed by atoms with van der Waals surface area (Å²) in [5.74, 6) is 1.15. The molecule has 0 radical (unpaired) electrons. The number of nitrogens with zero attached hydrogens (tertiary/aromatic N) is 4. The lowest BCUT2D eigenvalue weighted by Gasteiger charge is -2.32. The molecule has 3 unspecified atom stereocenters. The summed E-state index contributed by atoms with van der Waals surface area (Å²) in [6.45, 7) is 5.46. The summed E-state index contributed by atoms with van der Waals surface area (Å²) in [6, 6.07) is 11.5. The molecule has 4 nitrogen and oxygen atoms in total. The van der Waals surface area contributed by atoms with Gasteiger partial charge < -0.3 is 9.47 Å². The van der Waals surface area contributed by atoms with Crippen LogP contribution in [0.5, 0.6) is 0 Å². The van der Waals surface area contributed by atoms with E-state index < -0.39 is 0 Å². The van der Waals surface area contributed by atoms with Crippen LogP contribution >= 0.6 is 11.8 Å². The molecule has 0 saturated carbocycles. The van der Waals surface area contributed by atoms with E-state index in [1.807, 2.05) is 24.0 Å². The first kappa shape index (κ1) is 14.8. The van der Waals surface area contributed by atoms with Gasteiger partial charge in [0.25, 0.3) is 0 Å². The second kappa shape index (κ2) is 6.04. The third-order valence-corrected chi connectivity index (χ3v) is 5.96. The SMILES string of the molecule is CCC1CSC2=NC(c3ccccn3)C(c3cccn3CC)N21. The topological polar surface area (TPSA) is 33.4 Å². The van der Waals surface area contributed by atoms with Crippen molar-refractivity contribution in [1.82, 2.24) is 14.5 Å². The van der Waals surface area contributed by atoms with Gasteiger partial charge in [0, 0.05) is 36.4 Å². The van der Waals surface area contributed by atoms with Crippen LogP contribution in [0.15, 0.2) is 47.7 Å². The van der Waals surface area contributed by atoms with Crippen molar-refractivity contribution >= 4 is 16.9 Å². The van der Waals surface area contributed by atoms with Crippen LogP contribution in [0.25, 0.3) is 0 Å². The van der Waals surface area contributed by atoms with E-state index in [2.05, 4.69) is 58.8 Å². The maximum atomic E-state index is 5.06. The van der Waals surface area contributed by atoms with Crippen molar-refractivity contribution in [1.29, 1.82) is 0 Å². The summed E-state index contributed by atoms with van der Waals surface area (Å²) in [6.07, 6.45) is 5.20. The van der Waals surface area contributed by atoms with Gasteiger partial charge in [-0.3, -0.25) is 9.98 Å². The first-order chi connectivity index (χ1) is 11.3. The molecule has 2 aliphatic rings. The normalized spacial score (nSPS) is 26.4. The lowest BCUT2D eigenvalue weighted by Crippen LogP contribution is -2.36. The van der Waals surface area contributed by atoms with Gasteiger partial charge >= 0.3 is 0 Å². The highest BCUT2D eigenvalue weighted by molar-refractivity contribution is 8.14. The van der Waals surface area contributed by atoms with Crippen LogP contribution in [0.4, 0.5) is 0 Å². The zero-order valence-electron chi connectivity index (χ0n) is 13.6. The third kappa shape index (κ3) is 2.38. The lowest BCUT2D eigenvalue weighted by atomic mass is 9.99. The predicted octanol–water partition coefficient (Wildman–Crippen LogP) is 3.88. The Labute approximate surface area is 141 Å². The molecule has 0 aliphatic carbocycles. The number of fused-ring (bicyclic) bond motifs is 1. The summed E-state index contributed by atoms with van der Waals surface area (Å²) in [4.78, 5) is 12.2. The van der Waals surface area contributed by atoms with E-state index in [9.17, 15) is 0 Å². The Hall–Kier alpha value is -1.75. The molecule has 120 valence electrons. The molecule has 5 heteroatoms. The van der Waals surface area contributed by atoms with E-state index in [1.165, 1.54) is 10.9 Å². The molecule has 2 aliphatic heterocycles. The number of pyridine rings is 1. The maximum absolute atomic E-state index is 5.06. The van der Waals surface area contributed by atoms with Crippen LogP contribution in [-0.4, -0.2) is 31.4 Å². The van der Waals surface area contributed by atoms with Crippen molar-refractivity contribution in [2.45, 2.75) is 44.9 Å². The number of aliphatic imine (C=N–C) groups is 1. The van der Waals surface area contributed by atoms with Crippen molar-refractivity contribution in [3.8, 4) is 0 Å². The molecule has 0 aromatic carbocycles. The summed E-state index contributed by atoms with van der Waals surface area (Å²) in [7, 11) is 0. The number of rotatable bonds is 4. The highest BCUT2D eigenvalue weighted by Crippen LogP contribution is 2.48. The van der Waals surface area contributed by atoms with Gasteiger partial charge in [-0.2, -0.15) is 0 Å².